The third kappa shape index (κ3) is 3.37. The molecule has 3 nitrogen and oxygen atoms in total. The fraction of sp³-hybridized carbons (Fsp3) is 0.103. The van der Waals surface area contributed by atoms with Crippen molar-refractivity contribution >= 4 is 57.5 Å². The van der Waals surface area contributed by atoms with Gasteiger partial charge in [0.25, 0.3) is 0 Å². The number of hydrogen-bond acceptors (Lipinski definition) is 2. The number of hydrogen-bond donors (Lipinski definition) is 1. The summed E-state index contributed by atoms with van der Waals surface area (Å²) in [6.07, 6.45) is 22.4. The Hall–Kier alpha value is -4.72. The second-order valence-corrected chi connectivity index (χ2v) is 14.7. The number of carboxylic acids is 1. The quantitative estimate of drug-likeness (QED) is 0.255. The molecule has 0 radical (unpaired) electrons. The topological polar surface area (TPSA) is 54.4 Å². The highest BCUT2D eigenvalue weighted by Gasteiger charge is 2.39. The highest BCUT2D eigenvalue weighted by atomic mass is 31.2. The van der Waals surface area contributed by atoms with Gasteiger partial charge in [-0.1, -0.05) is 91.1 Å². The molecule has 2 atom stereocenters. The maximum absolute atomic E-state index is 16.3. The van der Waals surface area contributed by atoms with Crippen LogP contribution < -0.4 is 15.9 Å². The van der Waals surface area contributed by atoms with Gasteiger partial charge >= 0.3 is 5.97 Å². The van der Waals surface area contributed by atoms with E-state index in [2.05, 4.69) is 91.1 Å². The van der Waals surface area contributed by atoms with Gasteiger partial charge < -0.3 is 9.67 Å². The van der Waals surface area contributed by atoms with Gasteiger partial charge in [0, 0.05) is 21.8 Å². The third-order valence-electron chi connectivity index (χ3n) is 9.85. The van der Waals surface area contributed by atoms with Crippen LogP contribution in [-0.4, -0.2) is 11.1 Å². The van der Waals surface area contributed by atoms with Gasteiger partial charge in [-0.2, -0.15) is 0 Å². The van der Waals surface area contributed by atoms with Gasteiger partial charge in [0.05, 0.1) is 5.56 Å². The van der Waals surface area contributed by atoms with E-state index in [0.29, 0.717) is 11.7 Å². The third-order valence-corrected chi connectivity index (χ3v) is 13.0. The molecule has 0 fully saturated rings. The molecule has 0 heterocycles. The van der Waals surface area contributed by atoms with E-state index in [4.69, 9.17) is 0 Å². The summed E-state index contributed by atoms with van der Waals surface area (Å²) in [5, 5.41) is 14.2. The normalized spacial score (nSPS) is 19.7. The molecule has 9 rings (SSSR count). The smallest absolute Gasteiger partial charge is 0.335 e. The second-order valence-electron chi connectivity index (χ2n) is 12.0. The summed E-state index contributed by atoms with van der Waals surface area (Å²) < 4.78 is 16.3. The fourth-order valence-electron chi connectivity index (χ4n) is 7.90. The van der Waals surface area contributed by atoms with Crippen molar-refractivity contribution in [1.82, 2.24) is 0 Å². The molecule has 5 aliphatic carbocycles. The molecule has 0 saturated heterocycles. The largest absolute Gasteiger partial charge is 0.478 e. The lowest BCUT2D eigenvalue weighted by Gasteiger charge is -2.36. The summed E-state index contributed by atoms with van der Waals surface area (Å²) >= 11 is 0. The zero-order chi connectivity index (χ0) is 28.9. The van der Waals surface area contributed by atoms with Gasteiger partial charge in [-0.25, -0.2) is 4.79 Å². The molecule has 0 saturated carbocycles. The summed E-state index contributed by atoms with van der Waals surface area (Å²) in [7, 11) is -3.47. The van der Waals surface area contributed by atoms with Gasteiger partial charge in [-0.15, -0.1) is 0 Å². The van der Waals surface area contributed by atoms with Crippen LogP contribution in [0.5, 0.6) is 0 Å². The average molecular weight is 575 g/mol. The Kier molecular flexibility index (Phi) is 5.14. The second kappa shape index (κ2) is 8.89. The van der Waals surface area contributed by atoms with Crippen LogP contribution in [0.2, 0.25) is 0 Å². The van der Waals surface area contributed by atoms with Crippen molar-refractivity contribution in [2.24, 2.45) is 0 Å². The van der Waals surface area contributed by atoms with Crippen molar-refractivity contribution < 1.29 is 14.5 Å². The molecule has 0 bridgehead atoms. The van der Waals surface area contributed by atoms with E-state index in [-0.39, 0.29) is 11.5 Å². The Bertz CT molecular complexity index is 2200. The van der Waals surface area contributed by atoms with Crippen LogP contribution in [0.4, 0.5) is 0 Å². The molecule has 4 heteroatoms. The molecular weight excluding hydrogens is 547 g/mol. The lowest BCUT2D eigenvalue weighted by atomic mass is 9.71. The van der Waals surface area contributed by atoms with Gasteiger partial charge in [-0.3, -0.25) is 0 Å². The molecule has 0 aromatic heterocycles. The molecule has 4 aromatic rings. The van der Waals surface area contributed by atoms with E-state index in [1.165, 1.54) is 49.9 Å². The Morgan fingerprint density at radius 2 is 1.60 bits per heavy atom. The monoisotopic (exact) mass is 574 g/mol. The maximum atomic E-state index is 16.3. The number of carboxylic acid groups (broad SMARTS) is 1. The van der Waals surface area contributed by atoms with E-state index in [0.717, 1.165) is 34.4 Å². The van der Waals surface area contributed by atoms with Crippen LogP contribution in [0.25, 0.3) is 28.5 Å². The molecular formula is C39H27O3P. The molecule has 4 aromatic carbocycles. The lowest BCUT2D eigenvalue weighted by molar-refractivity contribution is 0.0697. The minimum absolute atomic E-state index is 0.146. The van der Waals surface area contributed by atoms with Crippen molar-refractivity contribution in [2.45, 2.75) is 25.2 Å². The van der Waals surface area contributed by atoms with E-state index in [1.807, 2.05) is 0 Å². The lowest BCUT2D eigenvalue weighted by Crippen LogP contribution is -2.31. The van der Waals surface area contributed by atoms with Gasteiger partial charge in [0.1, 0.15) is 0 Å². The summed E-state index contributed by atoms with van der Waals surface area (Å²) in [5.41, 5.74) is 11.4. The van der Waals surface area contributed by atoms with Crippen molar-refractivity contribution in [1.29, 1.82) is 0 Å². The Morgan fingerprint density at radius 1 is 0.767 bits per heavy atom. The predicted octanol–water partition coefficient (Wildman–Crippen LogP) is 7.62. The van der Waals surface area contributed by atoms with Gasteiger partial charge in [0.2, 0.25) is 0 Å². The number of aromatic carboxylic acids is 1. The molecule has 0 aliphatic heterocycles. The number of rotatable bonds is 4. The zero-order valence-corrected chi connectivity index (χ0v) is 24.3. The molecule has 2 unspecified atom stereocenters. The van der Waals surface area contributed by atoms with Crippen LogP contribution in [0.15, 0.2) is 114 Å². The Labute approximate surface area is 250 Å². The van der Waals surface area contributed by atoms with E-state index < -0.39 is 13.1 Å². The first-order valence-electron chi connectivity index (χ1n) is 14.8. The van der Waals surface area contributed by atoms with Gasteiger partial charge in [0.15, 0.2) is 7.14 Å². The Balaban J connectivity index is 1.36. The van der Waals surface area contributed by atoms with E-state index in [9.17, 15) is 9.90 Å². The summed E-state index contributed by atoms with van der Waals surface area (Å²) in [6.45, 7) is 0. The SMILES string of the molecule is O=C(O)c1ccc(P(=O)(c2ccc3c4c2CC=C2C=CC=C(C=C3)C24)c2ccc3c4c5c(ccc24)C=CCC5=CC3)cc1. The maximum Gasteiger partial charge on any atom is 0.335 e. The average Bonchev–Trinajstić information content (AvgIpc) is 3.05. The number of carbonyl (C=O) groups is 1. The minimum atomic E-state index is -3.47. The summed E-state index contributed by atoms with van der Waals surface area (Å²) in [6, 6.07) is 19.5. The van der Waals surface area contributed by atoms with Crippen molar-refractivity contribution in [3.63, 3.8) is 0 Å². The molecule has 5 aliphatic rings. The van der Waals surface area contributed by atoms with E-state index >= 15 is 4.57 Å². The molecule has 0 spiro atoms. The first kappa shape index (κ1) is 24.8. The van der Waals surface area contributed by atoms with Crippen LogP contribution in [0.3, 0.4) is 0 Å². The summed E-state index contributed by atoms with van der Waals surface area (Å²) in [5.74, 6) is -0.844. The minimum Gasteiger partial charge on any atom is -0.478 e. The van der Waals surface area contributed by atoms with Crippen molar-refractivity contribution in [3.8, 4) is 0 Å². The highest BCUT2D eigenvalue weighted by Crippen LogP contribution is 2.52. The molecule has 0 amide bonds. The highest BCUT2D eigenvalue weighted by molar-refractivity contribution is 7.85. The van der Waals surface area contributed by atoms with Crippen LogP contribution >= 0.6 is 7.14 Å². The van der Waals surface area contributed by atoms with E-state index in [1.54, 1.807) is 24.3 Å². The van der Waals surface area contributed by atoms with Crippen molar-refractivity contribution in [2.75, 3.05) is 0 Å². The standard InChI is InChI=1S/C39H27O3P/c40-39(41)29-11-17-30(18-12-29)43(42,33-21-15-27-9-7-23-3-1-5-25-13-19-31(33)37(27)35(23)25)34-22-16-28-10-8-24-4-2-6-26-14-20-32(34)38(28)36(24)26/h1-3,5-9,11-18,20-22,35H,4,10,19H2,(H,40,41). The molecule has 206 valence electrons. The van der Waals surface area contributed by atoms with Gasteiger partial charge in [-0.05, 0) is 104 Å². The Morgan fingerprint density at radius 3 is 2.47 bits per heavy atom. The fourth-order valence-corrected chi connectivity index (χ4v) is 11.0. The predicted molar refractivity (Wildman–Crippen MR) is 176 cm³/mol. The first-order chi connectivity index (χ1) is 21.0. The number of benzene rings is 4. The zero-order valence-electron chi connectivity index (χ0n) is 23.4. The van der Waals surface area contributed by atoms with Crippen LogP contribution in [-0.2, 0) is 17.4 Å². The van der Waals surface area contributed by atoms with Crippen LogP contribution in [0, 0.1) is 0 Å². The molecule has 1 N–H and O–H groups in total. The molecule has 43 heavy (non-hydrogen) atoms. The van der Waals surface area contributed by atoms with Crippen LogP contribution in [0.1, 0.15) is 56.1 Å². The van der Waals surface area contributed by atoms with Crippen molar-refractivity contribution in [3.05, 3.63) is 153 Å². The first-order valence-corrected chi connectivity index (χ1v) is 16.5. The summed E-state index contributed by atoms with van der Waals surface area (Å²) in [4.78, 5) is 11.8. The number of allylic oxidation sites excluding steroid dienone is 10.